The van der Waals surface area contributed by atoms with Gasteiger partial charge in [0.1, 0.15) is 17.1 Å². The highest BCUT2D eigenvalue weighted by Gasteiger charge is 2.35. The Hall–Kier alpha value is -2.29. The van der Waals surface area contributed by atoms with Crippen LogP contribution in [0.25, 0.3) is 0 Å². The lowest BCUT2D eigenvalue weighted by atomic mass is 9.66. The van der Waals surface area contributed by atoms with Crippen molar-refractivity contribution in [2.24, 2.45) is 11.8 Å². The minimum absolute atomic E-state index is 0.0948. The van der Waals surface area contributed by atoms with Crippen LogP contribution < -0.4 is 9.47 Å². The van der Waals surface area contributed by atoms with E-state index in [1.165, 1.54) is 30.4 Å². The number of hydrogen-bond acceptors (Lipinski definition) is 3. The van der Waals surface area contributed by atoms with Crippen molar-refractivity contribution < 1.29 is 14.3 Å². The predicted octanol–water partition coefficient (Wildman–Crippen LogP) is 8.73. The third kappa shape index (κ3) is 7.35. The highest BCUT2D eigenvalue weighted by Crippen LogP contribution is 2.44. The second-order valence-corrected chi connectivity index (χ2v) is 10.7. The number of carbonyl (C=O) groups is 1. The quantitative estimate of drug-likeness (QED) is 0.232. The lowest BCUT2D eigenvalue weighted by molar-refractivity contribution is -0.138. The molecule has 2 aromatic carbocycles. The first kappa shape index (κ1) is 28.0. The Morgan fingerprint density at radius 2 is 1.35 bits per heavy atom. The van der Waals surface area contributed by atoms with Crippen LogP contribution in [0.3, 0.4) is 0 Å². The van der Waals surface area contributed by atoms with Gasteiger partial charge in [0.2, 0.25) is 0 Å². The highest BCUT2D eigenvalue weighted by molar-refractivity contribution is 5.74. The molecule has 34 heavy (non-hydrogen) atoms. The van der Waals surface area contributed by atoms with Gasteiger partial charge in [0.15, 0.2) is 0 Å². The fourth-order valence-corrected chi connectivity index (χ4v) is 4.73. The summed E-state index contributed by atoms with van der Waals surface area (Å²) in [5, 5.41) is 0. The van der Waals surface area contributed by atoms with Crippen molar-refractivity contribution >= 4 is 5.97 Å². The van der Waals surface area contributed by atoms with E-state index in [1.54, 1.807) is 0 Å². The van der Waals surface area contributed by atoms with Crippen LogP contribution in [-0.4, -0.2) is 11.6 Å². The molecule has 0 aromatic heterocycles. The lowest BCUT2D eigenvalue weighted by Gasteiger charge is -2.38. The number of benzene rings is 2. The zero-order valence-corrected chi connectivity index (χ0v) is 22.7. The average Bonchev–Trinajstić information content (AvgIpc) is 2.81. The largest absolute Gasteiger partial charge is 0.488 e. The number of rotatable bonds is 12. The summed E-state index contributed by atoms with van der Waals surface area (Å²) < 4.78 is 11.7. The van der Waals surface area contributed by atoms with E-state index in [-0.39, 0.29) is 22.9 Å². The van der Waals surface area contributed by atoms with Gasteiger partial charge in [-0.25, -0.2) is 0 Å². The molecule has 2 aromatic rings. The van der Waals surface area contributed by atoms with Gasteiger partial charge in [0, 0.05) is 5.41 Å². The first-order chi connectivity index (χ1) is 16.1. The van der Waals surface area contributed by atoms with E-state index in [2.05, 4.69) is 77.9 Å². The SMILES string of the molecule is CCCC(CC)CC(CC)(c1ccc(OC(=O)C(C)CC)cc1)c1ccc(OC(C)(C)C)cc1. The van der Waals surface area contributed by atoms with Crippen LogP contribution in [0.1, 0.15) is 105 Å². The summed E-state index contributed by atoms with van der Waals surface area (Å²) >= 11 is 0. The van der Waals surface area contributed by atoms with E-state index in [4.69, 9.17) is 9.47 Å². The van der Waals surface area contributed by atoms with Crippen molar-refractivity contribution in [3.05, 3.63) is 59.7 Å². The summed E-state index contributed by atoms with van der Waals surface area (Å²) in [4.78, 5) is 12.3. The Labute approximate surface area is 208 Å². The average molecular weight is 467 g/mol. The van der Waals surface area contributed by atoms with Gasteiger partial charge in [-0.2, -0.15) is 0 Å². The van der Waals surface area contributed by atoms with Gasteiger partial charge in [0.25, 0.3) is 0 Å². The van der Waals surface area contributed by atoms with Crippen LogP contribution >= 0.6 is 0 Å². The number of esters is 1. The Morgan fingerprint density at radius 1 is 0.824 bits per heavy atom. The van der Waals surface area contributed by atoms with E-state index in [0.29, 0.717) is 11.7 Å². The third-order valence-electron chi connectivity index (χ3n) is 6.99. The van der Waals surface area contributed by atoms with Crippen molar-refractivity contribution in [2.75, 3.05) is 0 Å². The number of carbonyl (C=O) groups excluding carboxylic acids is 1. The number of hydrogen-bond donors (Lipinski definition) is 0. The molecule has 188 valence electrons. The van der Waals surface area contributed by atoms with Crippen LogP contribution in [0.4, 0.5) is 0 Å². The van der Waals surface area contributed by atoms with Gasteiger partial charge in [-0.15, -0.1) is 0 Å². The molecule has 0 aliphatic carbocycles. The molecule has 0 fully saturated rings. The van der Waals surface area contributed by atoms with Crippen LogP contribution in [0, 0.1) is 11.8 Å². The molecule has 0 aliphatic heterocycles. The molecule has 0 aliphatic rings. The van der Waals surface area contributed by atoms with E-state index in [9.17, 15) is 4.79 Å². The lowest BCUT2D eigenvalue weighted by Crippen LogP contribution is -2.30. The molecule has 3 nitrogen and oxygen atoms in total. The maximum atomic E-state index is 12.3. The van der Waals surface area contributed by atoms with Crippen LogP contribution in [0.2, 0.25) is 0 Å². The molecule has 3 unspecified atom stereocenters. The molecule has 0 amide bonds. The molecule has 3 atom stereocenters. The van der Waals surface area contributed by atoms with E-state index in [1.807, 2.05) is 26.0 Å². The molecule has 0 radical (unpaired) electrons. The Bertz CT molecular complexity index is 876. The standard InChI is InChI=1S/C31H46O3/c1-9-13-24(11-3)22-31(12-4,26-16-20-28(21-17-26)34-30(6,7)8)25-14-18-27(19-15-25)33-29(32)23(5)10-2/h14-21,23-24H,9-13,22H2,1-8H3. The van der Waals surface area contributed by atoms with Crippen molar-refractivity contribution in [3.63, 3.8) is 0 Å². The van der Waals surface area contributed by atoms with Crippen LogP contribution in [-0.2, 0) is 10.2 Å². The second kappa shape index (κ2) is 12.4. The fourth-order valence-electron chi connectivity index (χ4n) is 4.73. The Kier molecular flexibility index (Phi) is 10.2. The Morgan fingerprint density at radius 3 is 1.76 bits per heavy atom. The molecule has 0 saturated carbocycles. The monoisotopic (exact) mass is 466 g/mol. The highest BCUT2D eigenvalue weighted by atomic mass is 16.5. The molecule has 3 heteroatoms. The maximum absolute atomic E-state index is 12.3. The van der Waals surface area contributed by atoms with Crippen molar-refractivity contribution in [1.29, 1.82) is 0 Å². The van der Waals surface area contributed by atoms with E-state index >= 15 is 0 Å². The van der Waals surface area contributed by atoms with Crippen molar-refractivity contribution in [3.8, 4) is 11.5 Å². The third-order valence-corrected chi connectivity index (χ3v) is 6.99. The van der Waals surface area contributed by atoms with Gasteiger partial charge in [-0.05, 0) is 81.3 Å². The first-order valence-electron chi connectivity index (χ1n) is 13.2. The normalized spacial score (nSPS) is 15.3. The van der Waals surface area contributed by atoms with Gasteiger partial charge in [-0.3, -0.25) is 4.79 Å². The van der Waals surface area contributed by atoms with Crippen LogP contribution in [0.5, 0.6) is 11.5 Å². The minimum Gasteiger partial charge on any atom is -0.488 e. The summed E-state index contributed by atoms with van der Waals surface area (Å²) in [7, 11) is 0. The van der Waals surface area contributed by atoms with Crippen molar-refractivity contribution in [2.45, 2.75) is 105 Å². The molecule has 0 bridgehead atoms. The van der Waals surface area contributed by atoms with Gasteiger partial charge >= 0.3 is 5.97 Å². The number of ether oxygens (including phenoxy) is 2. The molecular weight excluding hydrogens is 420 g/mol. The summed E-state index contributed by atoms with van der Waals surface area (Å²) in [5.74, 6) is 1.91. The fraction of sp³-hybridized carbons (Fsp3) is 0.581. The van der Waals surface area contributed by atoms with Crippen LogP contribution in [0.15, 0.2) is 48.5 Å². The zero-order chi connectivity index (χ0) is 25.4. The van der Waals surface area contributed by atoms with Gasteiger partial charge in [0.05, 0.1) is 5.92 Å². The van der Waals surface area contributed by atoms with E-state index < -0.39 is 0 Å². The van der Waals surface area contributed by atoms with Gasteiger partial charge < -0.3 is 9.47 Å². The molecule has 0 heterocycles. The van der Waals surface area contributed by atoms with Crippen molar-refractivity contribution in [1.82, 2.24) is 0 Å². The second-order valence-electron chi connectivity index (χ2n) is 10.7. The molecular formula is C31H46O3. The zero-order valence-electron chi connectivity index (χ0n) is 22.7. The Balaban J connectivity index is 2.45. The topological polar surface area (TPSA) is 35.5 Å². The molecule has 0 spiro atoms. The molecule has 2 rings (SSSR count). The first-order valence-corrected chi connectivity index (χ1v) is 13.2. The van der Waals surface area contributed by atoms with E-state index in [0.717, 1.165) is 25.0 Å². The summed E-state index contributed by atoms with van der Waals surface area (Å²) in [6.07, 6.45) is 6.47. The summed E-state index contributed by atoms with van der Waals surface area (Å²) in [6.45, 7) is 17.0. The molecule has 0 saturated heterocycles. The predicted molar refractivity (Wildman–Crippen MR) is 143 cm³/mol. The maximum Gasteiger partial charge on any atom is 0.314 e. The summed E-state index contributed by atoms with van der Waals surface area (Å²) in [5.41, 5.74) is 2.27. The minimum atomic E-state index is -0.222. The van der Waals surface area contributed by atoms with Gasteiger partial charge in [-0.1, -0.05) is 78.1 Å². The summed E-state index contributed by atoms with van der Waals surface area (Å²) in [6, 6.07) is 16.9. The smallest absolute Gasteiger partial charge is 0.314 e. The molecule has 0 N–H and O–H groups in total.